The lowest BCUT2D eigenvalue weighted by Crippen LogP contribution is -2.33. The Labute approximate surface area is 120 Å². The summed E-state index contributed by atoms with van der Waals surface area (Å²) < 4.78 is 1.66. The number of carbonyl (C=O) groups is 1. The Morgan fingerprint density at radius 3 is 2.76 bits per heavy atom. The van der Waals surface area contributed by atoms with Crippen molar-refractivity contribution in [3.05, 3.63) is 41.2 Å². The van der Waals surface area contributed by atoms with E-state index in [-0.39, 0.29) is 11.9 Å². The molecule has 0 saturated carbocycles. The topological polar surface area (TPSA) is 118 Å². The maximum atomic E-state index is 11.5. The van der Waals surface area contributed by atoms with E-state index in [0.717, 1.165) is 5.56 Å². The third-order valence-electron chi connectivity index (χ3n) is 3.81. The molecule has 2 unspecified atom stereocenters. The Balaban J connectivity index is 1.98. The van der Waals surface area contributed by atoms with E-state index in [2.05, 4.69) is 10.1 Å². The molecule has 0 spiro atoms. The van der Waals surface area contributed by atoms with Crippen LogP contribution in [0, 0.1) is 17.2 Å². The Bertz CT molecular complexity index is 729. The number of rotatable bonds is 2. The summed E-state index contributed by atoms with van der Waals surface area (Å²) in [6.45, 7) is 0.419. The molecule has 21 heavy (non-hydrogen) atoms. The first-order valence-electron chi connectivity index (χ1n) is 6.50. The number of nitriles is 1. The summed E-state index contributed by atoms with van der Waals surface area (Å²) in [6.07, 6.45) is 0.296. The van der Waals surface area contributed by atoms with E-state index in [4.69, 9.17) is 11.0 Å². The molecule has 7 heteroatoms. The Morgan fingerprint density at radius 2 is 2.14 bits per heavy atom. The van der Waals surface area contributed by atoms with E-state index in [1.165, 1.54) is 0 Å². The van der Waals surface area contributed by atoms with E-state index < -0.39 is 11.9 Å². The number of aromatic nitrogens is 3. The number of nitrogen functional groups attached to an aromatic ring is 1. The van der Waals surface area contributed by atoms with Crippen LogP contribution in [0.4, 0.5) is 5.95 Å². The molecular formula is C14H13N5O2. The Kier molecular flexibility index (Phi) is 3.06. The van der Waals surface area contributed by atoms with Gasteiger partial charge in [-0.05, 0) is 17.7 Å². The monoisotopic (exact) mass is 283 g/mol. The molecule has 0 saturated heterocycles. The molecule has 1 aromatic heterocycles. The largest absolute Gasteiger partial charge is 0.481 e. The third kappa shape index (κ3) is 2.31. The van der Waals surface area contributed by atoms with Gasteiger partial charge in [0.15, 0.2) is 0 Å². The molecule has 1 aliphatic heterocycles. The molecule has 0 aliphatic carbocycles. The van der Waals surface area contributed by atoms with Crippen LogP contribution < -0.4 is 5.73 Å². The van der Waals surface area contributed by atoms with E-state index in [1.807, 2.05) is 6.07 Å². The second-order valence-electron chi connectivity index (χ2n) is 5.06. The van der Waals surface area contributed by atoms with E-state index in [1.54, 1.807) is 28.9 Å². The zero-order chi connectivity index (χ0) is 15.0. The second kappa shape index (κ2) is 4.90. The van der Waals surface area contributed by atoms with Gasteiger partial charge in [-0.2, -0.15) is 10.2 Å². The first-order chi connectivity index (χ1) is 10.1. The van der Waals surface area contributed by atoms with Crippen molar-refractivity contribution in [2.75, 3.05) is 5.73 Å². The number of nitrogens with two attached hydrogens (primary N) is 1. The van der Waals surface area contributed by atoms with Crippen LogP contribution in [0.5, 0.6) is 0 Å². The minimum atomic E-state index is -0.864. The Morgan fingerprint density at radius 1 is 1.43 bits per heavy atom. The summed E-state index contributed by atoms with van der Waals surface area (Å²) in [5.41, 5.74) is 7.00. The molecule has 106 valence electrons. The highest BCUT2D eigenvalue weighted by Crippen LogP contribution is 2.33. The minimum absolute atomic E-state index is 0.162. The number of aliphatic carboxylic acids is 1. The lowest BCUT2D eigenvalue weighted by atomic mass is 9.81. The van der Waals surface area contributed by atoms with Gasteiger partial charge in [0.05, 0.1) is 24.1 Å². The van der Waals surface area contributed by atoms with Crippen LogP contribution in [0.3, 0.4) is 0 Å². The summed E-state index contributed by atoms with van der Waals surface area (Å²) in [6, 6.07) is 9.03. The molecule has 0 fully saturated rings. The Hall–Kier alpha value is -2.88. The number of hydrogen-bond donors (Lipinski definition) is 2. The van der Waals surface area contributed by atoms with Crippen LogP contribution in [-0.2, 0) is 17.8 Å². The molecule has 3 rings (SSSR count). The van der Waals surface area contributed by atoms with Crippen LogP contribution in [0.1, 0.15) is 22.9 Å². The number of anilines is 1. The zero-order valence-corrected chi connectivity index (χ0v) is 11.1. The molecule has 0 amide bonds. The van der Waals surface area contributed by atoms with Crippen molar-refractivity contribution in [3.8, 4) is 6.07 Å². The maximum absolute atomic E-state index is 11.5. The molecule has 0 radical (unpaired) electrons. The van der Waals surface area contributed by atoms with Gasteiger partial charge in [0.2, 0.25) is 5.95 Å². The van der Waals surface area contributed by atoms with Crippen LogP contribution in [0.2, 0.25) is 0 Å². The predicted octanol–water partition coefficient (Wildman–Crippen LogP) is 0.773. The molecule has 2 atom stereocenters. The van der Waals surface area contributed by atoms with Gasteiger partial charge in [0.25, 0.3) is 0 Å². The van der Waals surface area contributed by atoms with Gasteiger partial charge in [0, 0.05) is 12.3 Å². The molecule has 2 aromatic rings. The van der Waals surface area contributed by atoms with Crippen molar-refractivity contribution in [1.29, 1.82) is 5.26 Å². The lowest BCUT2D eigenvalue weighted by Gasteiger charge is -2.28. The lowest BCUT2D eigenvalue weighted by molar-refractivity contribution is -0.143. The van der Waals surface area contributed by atoms with Gasteiger partial charge >= 0.3 is 5.97 Å². The summed E-state index contributed by atoms with van der Waals surface area (Å²) >= 11 is 0. The van der Waals surface area contributed by atoms with Crippen LogP contribution in [-0.4, -0.2) is 25.8 Å². The highest BCUT2D eigenvalue weighted by Gasteiger charge is 2.36. The average Bonchev–Trinajstić information content (AvgIpc) is 2.85. The zero-order valence-electron chi connectivity index (χ0n) is 11.1. The van der Waals surface area contributed by atoms with Crippen LogP contribution in [0.15, 0.2) is 24.3 Å². The molecule has 3 N–H and O–H groups in total. The molecule has 7 nitrogen and oxygen atoms in total. The fourth-order valence-corrected chi connectivity index (χ4v) is 2.75. The number of carboxylic acid groups (broad SMARTS) is 1. The number of hydrogen-bond acceptors (Lipinski definition) is 5. The average molecular weight is 283 g/mol. The van der Waals surface area contributed by atoms with Crippen molar-refractivity contribution in [3.63, 3.8) is 0 Å². The number of nitrogens with zero attached hydrogens (tertiary/aromatic N) is 4. The van der Waals surface area contributed by atoms with Gasteiger partial charge < -0.3 is 10.8 Å². The van der Waals surface area contributed by atoms with E-state index >= 15 is 0 Å². The van der Waals surface area contributed by atoms with Crippen LogP contribution >= 0.6 is 0 Å². The fourth-order valence-electron chi connectivity index (χ4n) is 2.75. The van der Waals surface area contributed by atoms with E-state index in [9.17, 15) is 9.90 Å². The predicted molar refractivity (Wildman–Crippen MR) is 73.2 cm³/mol. The highest BCUT2D eigenvalue weighted by molar-refractivity contribution is 5.72. The minimum Gasteiger partial charge on any atom is -0.481 e. The first-order valence-corrected chi connectivity index (χ1v) is 6.50. The van der Waals surface area contributed by atoms with Crippen molar-refractivity contribution in [2.24, 2.45) is 5.92 Å². The van der Waals surface area contributed by atoms with E-state index in [0.29, 0.717) is 24.4 Å². The molecule has 1 aromatic carbocycles. The summed E-state index contributed by atoms with van der Waals surface area (Å²) in [5, 5.41) is 22.4. The van der Waals surface area contributed by atoms with Gasteiger partial charge in [-0.3, -0.25) is 4.79 Å². The standard InChI is InChI=1S/C14H13N5O2/c15-6-8-1-3-9(4-2-8)11-7-19-12(17-14(16)18-19)5-10(11)13(20)21/h1-4,10-11H,5,7H2,(H2,16,18)(H,20,21). The first kappa shape index (κ1) is 13.1. The highest BCUT2D eigenvalue weighted by atomic mass is 16.4. The van der Waals surface area contributed by atoms with Crippen molar-refractivity contribution >= 4 is 11.9 Å². The molecule has 2 heterocycles. The SMILES string of the molecule is N#Cc1ccc(C2Cn3nc(N)nc3CC2C(=O)O)cc1. The number of carboxylic acids is 1. The smallest absolute Gasteiger partial charge is 0.307 e. The van der Waals surface area contributed by atoms with Gasteiger partial charge in [-0.1, -0.05) is 12.1 Å². The normalized spacial score (nSPS) is 20.5. The van der Waals surface area contributed by atoms with Gasteiger partial charge in [-0.25, -0.2) is 4.68 Å². The molecule has 1 aliphatic rings. The quantitative estimate of drug-likeness (QED) is 0.840. The second-order valence-corrected chi connectivity index (χ2v) is 5.06. The fraction of sp³-hybridized carbons (Fsp3) is 0.286. The summed E-state index contributed by atoms with van der Waals surface area (Å²) in [4.78, 5) is 15.6. The summed E-state index contributed by atoms with van der Waals surface area (Å²) in [5.74, 6) is -0.894. The van der Waals surface area contributed by atoms with Crippen molar-refractivity contribution in [1.82, 2.24) is 14.8 Å². The third-order valence-corrected chi connectivity index (χ3v) is 3.81. The van der Waals surface area contributed by atoms with Crippen molar-refractivity contribution in [2.45, 2.75) is 18.9 Å². The number of fused-ring (bicyclic) bond motifs is 1. The number of benzene rings is 1. The molecule has 0 bridgehead atoms. The van der Waals surface area contributed by atoms with Crippen molar-refractivity contribution < 1.29 is 9.90 Å². The van der Waals surface area contributed by atoms with Gasteiger partial charge in [-0.15, -0.1) is 5.10 Å². The maximum Gasteiger partial charge on any atom is 0.307 e. The van der Waals surface area contributed by atoms with Crippen LogP contribution in [0.25, 0.3) is 0 Å². The molecular weight excluding hydrogens is 270 g/mol. The van der Waals surface area contributed by atoms with Gasteiger partial charge in [0.1, 0.15) is 5.82 Å². The summed E-state index contributed by atoms with van der Waals surface area (Å²) in [7, 11) is 0.